The summed E-state index contributed by atoms with van der Waals surface area (Å²) >= 11 is 1.70. The molecule has 0 atom stereocenters. The van der Waals surface area contributed by atoms with Crippen molar-refractivity contribution in [3.05, 3.63) is 51.7 Å². The zero-order valence-corrected chi connectivity index (χ0v) is 13.6. The third-order valence-corrected chi connectivity index (χ3v) is 4.21. The lowest BCUT2D eigenvalue weighted by atomic mass is 10.1. The van der Waals surface area contributed by atoms with Gasteiger partial charge in [-0.25, -0.2) is 0 Å². The number of rotatable bonds is 6. The van der Waals surface area contributed by atoms with E-state index in [1.165, 1.54) is 10.4 Å². The van der Waals surface area contributed by atoms with Gasteiger partial charge in [0.25, 0.3) is 5.91 Å². The van der Waals surface area contributed by atoms with Crippen LogP contribution in [0.1, 0.15) is 41.6 Å². The number of para-hydroxylation sites is 1. The van der Waals surface area contributed by atoms with Crippen molar-refractivity contribution < 1.29 is 4.79 Å². The second-order valence-electron chi connectivity index (χ2n) is 5.25. The van der Waals surface area contributed by atoms with Crippen LogP contribution in [0.25, 0.3) is 0 Å². The van der Waals surface area contributed by atoms with E-state index in [1.807, 2.05) is 24.3 Å². The number of carbonyl (C=O) groups is 1. The maximum absolute atomic E-state index is 12.4. The van der Waals surface area contributed by atoms with Gasteiger partial charge in [-0.15, -0.1) is 11.3 Å². The minimum Gasteiger partial charge on any atom is -0.382 e. The topological polar surface area (TPSA) is 41.1 Å². The molecule has 0 bridgehead atoms. The van der Waals surface area contributed by atoms with Crippen LogP contribution in [0.4, 0.5) is 5.69 Å². The first-order valence-corrected chi connectivity index (χ1v) is 8.18. The highest BCUT2D eigenvalue weighted by Crippen LogP contribution is 2.19. The molecule has 0 radical (unpaired) electrons. The molecule has 1 amide bonds. The highest BCUT2D eigenvalue weighted by Gasteiger charge is 2.12. The average Bonchev–Trinajstić information content (AvgIpc) is 2.92. The van der Waals surface area contributed by atoms with Gasteiger partial charge in [-0.2, -0.15) is 0 Å². The fourth-order valence-electron chi connectivity index (χ4n) is 2.21. The van der Waals surface area contributed by atoms with E-state index in [2.05, 4.69) is 42.9 Å². The summed E-state index contributed by atoms with van der Waals surface area (Å²) < 4.78 is 0. The van der Waals surface area contributed by atoms with Crippen molar-refractivity contribution in [2.45, 2.75) is 39.8 Å². The molecule has 1 aromatic carbocycles. The Morgan fingerprint density at radius 1 is 1.24 bits per heavy atom. The Bertz CT molecular complexity index is 604. The fourth-order valence-corrected chi connectivity index (χ4v) is 3.13. The predicted molar refractivity (Wildman–Crippen MR) is 90.1 cm³/mol. The molecule has 112 valence electrons. The number of amides is 1. The molecule has 2 aromatic rings. The Hall–Kier alpha value is -1.81. The van der Waals surface area contributed by atoms with E-state index in [0.717, 1.165) is 12.1 Å². The fraction of sp³-hybridized carbons (Fsp3) is 0.353. The van der Waals surface area contributed by atoms with Gasteiger partial charge in [0, 0.05) is 16.6 Å². The Morgan fingerprint density at radius 3 is 2.71 bits per heavy atom. The van der Waals surface area contributed by atoms with Crippen molar-refractivity contribution in [2.75, 3.05) is 5.32 Å². The van der Waals surface area contributed by atoms with E-state index >= 15 is 0 Å². The van der Waals surface area contributed by atoms with Crippen molar-refractivity contribution in [3.63, 3.8) is 0 Å². The molecule has 0 fully saturated rings. The molecule has 0 saturated heterocycles. The van der Waals surface area contributed by atoms with Crippen LogP contribution in [-0.2, 0) is 13.0 Å². The van der Waals surface area contributed by atoms with Gasteiger partial charge in [-0.1, -0.05) is 19.1 Å². The van der Waals surface area contributed by atoms with Crippen molar-refractivity contribution in [3.8, 4) is 0 Å². The molecule has 4 heteroatoms. The maximum Gasteiger partial charge on any atom is 0.253 e. The minimum atomic E-state index is -0.0331. The lowest BCUT2D eigenvalue weighted by Crippen LogP contribution is -2.24. The van der Waals surface area contributed by atoms with Crippen molar-refractivity contribution >= 4 is 22.9 Å². The molecule has 0 unspecified atom stereocenters. The van der Waals surface area contributed by atoms with Crippen LogP contribution in [0, 0.1) is 0 Å². The summed E-state index contributed by atoms with van der Waals surface area (Å²) in [6.07, 6.45) is 1.00. The van der Waals surface area contributed by atoms with Crippen LogP contribution in [0.5, 0.6) is 0 Å². The molecular formula is C17H22N2OS. The SMILES string of the molecule is CCc1ccsc1CNC(=O)c1ccccc1NC(C)C. The molecule has 3 nitrogen and oxygen atoms in total. The summed E-state index contributed by atoms with van der Waals surface area (Å²) in [6.45, 7) is 6.85. The predicted octanol–water partition coefficient (Wildman–Crippen LogP) is 4.06. The second kappa shape index (κ2) is 7.27. The molecule has 0 aliphatic carbocycles. The summed E-state index contributed by atoms with van der Waals surface area (Å²) in [4.78, 5) is 13.6. The largest absolute Gasteiger partial charge is 0.382 e. The first kappa shape index (κ1) is 15.6. The molecule has 1 heterocycles. The Morgan fingerprint density at radius 2 is 2.00 bits per heavy atom. The van der Waals surface area contributed by atoms with Crippen LogP contribution in [0.3, 0.4) is 0 Å². The van der Waals surface area contributed by atoms with Crippen LogP contribution in [0.2, 0.25) is 0 Å². The number of nitrogens with one attached hydrogen (secondary N) is 2. The molecule has 0 saturated carbocycles. The Balaban J connectivity index is 2.07. The quantitative estimate of drug-likeness (QED) is 0.845. The van der Waals surface area contributed by atoms with E-state index in [9.17, 15) is 4.79 Å². The normalized spacial score (nSPS) is 10.7. The van der Waals surface area contributed by atoms with E-state index < -0.39 is 0 Å². The summed E-state index contributed by atoms with van der Waals surface area (Å²) in [6, 6.07) is 10.1. The smallest absolute Gasteiger partial charge is 0.253 e. The number of benzene rings is 1. The number of anilines is 1. The van der Waals surface area contributed by atoms with Gasteiger partial charge >= 0.3 is 0 Å². The lowest BCUT2D eigenvalue weighted by molar-refractivity contribution is 0.0952. The van der Waals surface area contributed by atoms with Crippen molar-refractivity contribution in [1.29, 1.82) is 0 Å². The zero-order valence-electron chi connectivity index (χ0n) is 12.8. The van der Waals surface area contributed by atoms with E-state index in [4.69, 9.17) is 0 Å². The van der Waals surface area contributed by atoms with Crippen LogP contribution >= 0.6 is 11.3 Å². The average molecular weight is 302 g/mol. The maximum atomic E-state index is 12.4. The van der Waals surface area contributed by atoms with Gasteiger partial charge in [0.1, 0.15) is 0 Å². The molecule has 0 aliphatic heterocycles. The van der Waals surface area contributed by atoms with Gasteiger partial charge < -0.3 is 10.6 Å². The van der Waals surface area contributed by atoms with Gasteiger partial charge in [-0.3, -0.25) is 4.79 Å². The summed E-state index contributed by atoms with van der Waals surface area (Å²) in [7, 11) is 0. The number of thiophene rings is 1. The Labute approximate surface area is 130 Å². The second-order valence-corrected chi connectivity index (χ2v) is 6.25. The highest BCUT2D eigenvalue weighted by molar-refractivity contribution is 7.10. The lowest BCUT2D eigenvalue weighted by Gasteiger charge is -2.14. The molecule has 2 rings (SSSR count). The Kier molecular flexibility index (Phi) is 5.39. The monoisotopic (exact) mass is 302 g/mol. The molecule has 21 heavy (non-hydrogen) atoms. The van der Waals surface area contributed by atoms with E-state index in [1.54, 1.807) is 11.3 Å². The summed E-state index contributed by atoms with van der Waals surface area (Å²) in [5.41, 5.74) is 2.89. The number of hydrogen-bond acceptors (Lipinski definition) is 3. The first-order chi connectivity index (χ1) is 10.1. The number of aryl methyl sites for hydroxylation is 1. The molecule has 0 spiro atoms. The van der Waals surface area contributed by atoms with Crippen molar-refractivity contribution in [1.82, 2.24) is 5.32 Å². The summed E-state index contributed by atoms with van der Waals surface area (Å²) in [5, 5.41) is 8.41. The zero-order chi connectivity index (χ0) is 15.2. The van der Waals surface area contributed by atoms with E-state index in [-0.39, 0.29) is 5.91 Å². The molecule has 2 N–H and O–H groups in total. The van der Waals surface area contributed by atoms with Crippen LogP contribution in [-0.4, -0.2) is 11.9 Å². The number of carbonyl (C=O) groups excluding carboxylic acids is 1. The van der Waals surface area contributed by atoms with E-state index in [0.29, 0.717) is 18.2 Å². The molecule has 1 aromatic heterocycles. The standard InChI is InChI=1S/C17H22N2OS/c1-4-13-9-10-21-16(13)11-18-17(20)14-7-5-6-8-15(14)19-12(2)3/h5-10,12,19H,4,11H2,1-3H3,(H,18,20). The molecular weight excluding hydrogens is 280 g/mol. The van der Waals surface area contributed by atoms with Crippen molar-refractivity contribution in [2.24, 2.45) is 0 Å². The molecule has 0 aliphatic rings. The third-order valence-electron chi connectivity index (χ3n) is 3.24. The minimum absolute atomic E-state index is 0.0331. The van der Waals surface area contributed by atoms with Gasteiger partial charge in [0.05, 0.1) is 12.1 Å². The first-order valence-electron chi connectivity index (χ1n) is 7.30. The third kappa shape index (κ3) is 4.08. The van der Waals surface area contributed by atoms with Gasteiger partial charge in [0.15, 0.2) is 0 Å². The van der Waals surface area contributed by atoms with Gasteiger partial charge in [0.2, 0.25) is 0 Å². The highest BCUT2D eigenvalue weighted by atomic mass is 32.1. The van der Waals surface area contributed by atoms with Crippen LogP contribution < -0.4 is 10.6 Å². The van der Waals surface area contributed by atoms with Crippen LogP contribution in [0.15, 0.2) is 35.7 Å². The van der Waals surface area contributed by atoms with Gasteiger partial charge in [-0.05, 0) is 49.4 Å². The summed E-state index contributed by atoms with van der Waals surface area (Å²) in [5.74, 6) is -0.0331. The number of hydrogen-bond donors (Lipinski definition) is 2.